The Morgan fingerprint density at radius 1 is 0.933 bits per heavy atom. The number of hydrogen-bond acceptors (Lipinski definition) is 5. The van der Waals surface area contributed by atoms with Crippen LogP contribution >= 0.6 is 11.6 Å². The largest absolute Gasteiger partial charge is 0.399 e. The normalized spacial score (nSPS) is 11.4. The highest BCUT2D eigenvalue weighted by Crippen LogP contribution is 2.37. The molecule has 0 aliphatic carbocycles. The van der Waals surface area contributed by atoms with Gasteiger partial charge in [0.1, 0.15) is 11.9 Å². The van der Waals surface area contributed by atoms with Crippen molar-refractivity contribution in [2.45, 2.75) is 26.2 Å². The second-order valence-electron chi connectivity index (χ2n) is 8.12. The minimum absolute atomic E-state index is 0.305. The molecule has 2 aromatic heterocycles. The molecule has 0 radical (unpaired) electrons. The molecule has 0 amide bonds. The van der Waals surface area contributed by atoms with Crippen LogP contribution in [0.4, 0.5) is 5.69 Å². The molecule has 4 aromatic rings. The fraction of sp³-hybridized carbons (Fsp3) is 0.167. The summed E-state index contributed by atoms with van der Waals surface area (Å²) in [6.07, 6.45) is 0. The van der Waals surface area contributed by atoms with E-state index >= 15 is 0 Å². The van der Waals surface area contributed by atoms with Crippen molar-refractivity contribution in [1.82, 2.24) is 15.0 Å². The summed E-state index contributed by atoms with van der Waals surface area (Å²) in [6, 6.07) is 19.2. The molecule has 30 heavy (non-hydrogen) atoms. The SMILES string of the molecule is CC(C)(C)c1nc(C#N)c2cc(-c3ccc(N)cc3)c(-c3ccccc3Cl)nc2n1. The molecule has 0 aliphatic rings. The first-order valence-corrected chi connectivity index (χ1v) is 9.90. The summed E-state index contributed by atoms with van der Waals surface area (Å²) in [5.41, 5.74) is 10.2. The van der Waals surface area contributed by atoms with Crippen LogP contribution in [0.2, 0.25) is 5.02 Å². The van der Waals surface area contributed by atoms with Gasteiger partial charge in [0.05, 0.1) is 11.1 Å². The quantitative estimate of drug-likeness (QED) is 0.422. The van der Waals surface area contributed by atoms with Crippen LogP contribution < -0.4 is 5.73 Å². The molecule has 6 heteroatoms. The topological polar surface area (TPSA) is 88.5 Å². The Morgan fingerprint density at radius 2 is 1.63 bits per heavy atom. The molecule has 4 rings (SSSR count). The zero-order valence-corrected chi connectivity index (χ0v) is 17.7. The first-order valence-electron chi connectivity index (χ1n) is 9.52. The van der Waals surface area contributed by atoms with Crippen LogP contribution in [0.1, 0.15) is 32.3 Å². The third kappa shape index (κ3) is 3.58. The molecule has 0 unspecified atom stereocenters. The zero-order chi connectivity index (χ0) is 21.5. The zero-order valence-electron chi connectivity index (χ0n) is 16.9. The van der Waals surface area contributed by atoms with Crippen molar-refractivity contribution in [3.8, 4) is 28.5 Å². The van der Waals surface area contributed by atoms with E-state index in [4.69, 9.17) is 22.3 Å². The average Bonchev–Trinajstić information content (AvgIpc) is 2.72. The van der Waals surface area contributed by atoms with Gasteiger partial charge in [0.15, 0.2) is 11.3 Å². The summed E-state index contributed by atoms with van der Waals surface area (Å²) in [4.78, 5) is 14.1. The molecule has 2 N–H and O–H groups in total. The number of nitrogen functional groups attached to an aromatic ring is 1. The molecule has 0 saturated carbocycles. The molecule has 148 valence electrons. The minimum atomic E-state index is -0.318. The van der Waals surface area contributed by atoms with E-state index in [2.05, 4.69) is 16.0 Å². The first kappa shape index (κ1) is 19.8. The summed E-state index contributed by atoms with van der Waals surface area (Å²) in [5, 5.41) is 10.9. The second kappa shape index (κ2) is 7.40. The number of nitrogens with zero attached hydrogens (tertiary/aromatic N) is 4. The highest BCUT2D eigenvalue weighted by molar-refractivity contribution is 6.33. The van der Waals surface area contributed by atoms with E-state index in [1.165, 1.54) is 0 Å². The molecule has 0 spiro atoms. The van der Waals surface area contributed by atoms with E-state index in [1.807, 2.05) is 75.4 Å². The number of benzene rings is 2. The number of anilines is 1. The van der Waals surface area contributed by atoms with E-state index in [-0.39, 0.29) is 5.41 Å². The van der Waals surface area contributed by atoms with Gasteiger partial charge in [0.2, 0.25) is 0 Å². The highest BCUT2D eigenvalue weighted by Gasteiger charge is 2.22. The Bertz CT molecular complexity index is 1300. The molecule has 0 atom stereocenters. The van der Waals surface area contributed by atoms with Crippen molar-refractivity contribution < 1.29 is 0 Å². The number of nitriles is 1. The van der Waals surface area contributed by atoms with Crippen LogP contribution in [0.25, 0.3) is 33.4 Å². The van der Waals surface area contributed by atoms with Crippen LogP contribution in [0, 0.1) is 11.3 Å². The predicted octanol–water partition coefficient (Wildman–Crippen LogP) is 5.76. The molecule has 0 fully saturated rings. The van der Waals surface area contributed by atoms with Gasteiger partial charge < -0.3 is 5.73 Å². The molecule has 0 bridgehead atoms. The van der Waals surface area contributed by atoms with Gasteiger partial charge in [-0.3, -0.25) is 0 Å². The second-order valence-corrected chi connectivity index (χ2v) is 8.52. The van der Waals surface area contributed by atoms with Gasteiger partial charge in [-0.15, -0.1) is 0 Å². The van der Waals surface area contributed by atoms with Crippen LogP contribution in [-0.4, -0.2) is 15.0 Å². The Kier molecular flexibility index (Phi) is 4.89. The van der Waals surface area contributed by atoms with Gasteiger partial charge in [0, 0.05) is 27.3 Å². The summed E-state index contributed by atoms with van der Waals surface area (Å²) < 4.78 is 0. The van der Waals surface area contributed by atoms with Crippen molar-refractivity contribution in [1.29, 1.82) is 5.26 Å². The highest BCUT2D eigenvalue weighted by atomic mass is 35.5. The van der Waals surface area contributed by atoms with Gasteiger partial charge in [0.25, 0.3) is 0 Å². The lowest BCUT2D eigenvalue weighted by atomic mass is 9.94. The average molecular weight is 414 g/mol. The standard InChI is InChI=1S/C24H20ClN5/c1-24(2,3)23-28-20(13-26)18-12-17(14-8-10-15(27)11-9-14)21(29-22(18)30-23)16-6-4-5-7-19(16)25/h4-12H,27H2,1-3H3. The molecular weight excluding hydrogens is 394 g/mol. The summed E-state index contributed by atoms with van der Waals surface area (Å²) in [5.74, 6) is 0.574. The summed E-state index contributed by atoms with van der Waals surface area (Å²) in [6.45, 7) is 6.02. The predicted molar refractivity (Wildman–Crippen MR) is 121 cm³/mol. The van der Waals surface area contributed by atoms with Crippen LogP contribution in [0.15, 0.2) is 54.6 Å². The smallest absolute Gasteiger partial charge is 0.164 e. The number of nitrogens with two attached hydrogens (primary N) is 1. The number of rotatable bonds is 2. The Labute approximate surface area is 180 Å². The lowest BCUT2D eigenvalue weighted by Crippen LogP contribution is -2.17. The van der Waals surface area contributed by atoms with Gasteiger partial charge in [-0.25, -0.2) is 15.0 Å². The Morgan fingerprint density at radius 3 is 2.27 bits per heavy atom. The third-order valence-corrected chi connectivity index (χ3v) is 5.14. The molecular formula is C24H20ClN5. The molecule has 5 nitrogen and oxygen atoms in total. The number of hydrogen-bond donors (Lipinski definition) is 1. The molecule has 0 saturated heterocycles. The van der Waals surface area contributed by atoms with Gasteiger partial charge >= 0.3 is 0 Å². The van der Waals surface area contributed by atoms with Gasteiger partial charge in [-0.2, -0.15) is 5.26 Å². The van der Waals surface area contributed by atoms with Crippen molar-refractivity contribution >= 4 is 28.3 Å². The lowest BCUT2D eigenvalue weighted by Gasteiger charge is -2.18. The number of fused-ring (bicyclic) bond motifs is 1. The number of aromatic nitrogens is 3. The monoisotopic (exact) mass is 413 g/mol. The van der Waals surface area contributed by atoms with Crippen molar-refractivity contribution in [3.63, 3.8) is 0 Å². The number of halogens is 1. The lowest BCUT2D eigenvalue weighted by molar-refractivity contribution is 0.547. The van der Waals surface area contributed by atoms with Crippen molar-refractivity contribution in [2.24, 2.45) is 0 Å². The Hall–Kier alpha value is -3.49. The van der Waals surface area contributed by atoms with E-state index in [0.29, 0.717) is 39.0 Å². The van der Waals surface area contributed by atoms with Crippen LogP contribution in [0.5, 0.6) is 0 Å². The molecule has 2 aromatic carbocycles. The van der Waals surface area contributed by atoms with E-state index in [1.54, 1.807) is 0 Å². The van der Waals surface area contributed by atoms with E-state index < -0.39 is 0 Å². The maximum absolute atomic E-state index is 9.75. The van der Waals surface area contributed by atoms with Gasteiger partial charge in [-0.1, -0.05) is 62.7 Å². The third-order valence-electron chi connectivity index (χ3n) is 4.81. The van der Waals surface area contributed by atoms with Crippen LogP contribution in [0.3, 0.4) is 0 Å². The van der Waals surface area contributed by atoms with Crippen molar-refractivity contribution in [3.05, 3.63) is 71.1 Å². The molecule has 2 heterocycles. The maximum Gasteiger partial charge on any atom is 0.164 e. The number of pyridine rings is 1. The minimum Gasteiger partial charge on any atom is -0.399 e. The maximum atomic E-state index is 9.75. The van der Waals surface area contributed by atoms with E-state index in [0.717, 1.165) is 16.7 Å². The fourth-order valence-electron chi connectivity index (χ4n) is 3.22. The van der Waals surface area contributed by atoms with Crippen LogP contribution in [-0.2, 0) is 5.41 Å². The molecule has 0 aliphatic heterocycles. The van der Waals surface area contributed by atoms with E-state index in [9.17, 15) is 5.26 Å². The van der Waals surface area contributed by atoms with Crippen molar-refractivity contribution in [2.75, 3.05) is 5.73 Å². The summed E-state index contributed by atoms with van der Waals surface area (Å²) in [7, 11) is 0. The Balaban J connectivity index is 2.10. The summed E-state index contributed by atoms with van der Waals surface area (Å²) >= 11 is 6.51. The first-order chi connectivity index (χ1) is 14.3. The van der Waals surface area contributed by atoms with Gasteiger partial charge in [-0.05, 0) is 29.8 Å². The fourth-order valence-corrected chi connectivity index (χ4v) is 3.44.